The number of aryl methyl sites for hydroxylation is 2. The molecule has 0 fully saturated rings. The molecule has 0 aliphatic rings. The zero-order valence-corrected chi connectivity index (χ0v) is 16.5. The Kier molecular flexibility index (Phi) is 5.24. The van der Waals surface area contributed by atoms with Gasteiger partial charge in [-0.3, -0.25) is 4.79 Å². The zero-order valence-electron chi connectivity index (χ0n) is 16.5. The molecule has 4 aromatic rings. The first kappa shape index (κ1) is 18.7. The summed E-state index contributed by atoms with van der Waals surface area (Å²) in [6.07, 6.45) is 5.82. The Morgan fingerprint density at radius 2 is 1.79 bits per heavy atom. The molecule has 6 nitrogen and oxygen atoms in total. The molecule has 29 heavy (non-hydrogen) atoms. The fraction of sp³-hybridized carbons (Fsp3) is 0.174. The van der Waals surface area contributed by atoms with Crippen LogP contribution in [-0.2, 0) is 6.42 Å². The van der Waals surface area contributed by atoms with Gasteiger partial charge in [0.15, 0.2) is 0 Å². The van der Waals surface area contributed by atoms with Crippen LogP contribution in [0, 0.1) is 13.8 Å². The minimum Gasteiger partial charge on any atom is -0.361 e. The van der Waals surface area contributed by atoms with Crippen molar-refractivity contribution in [3.8, 4) is 0 Å². The van der Waals surface area contributed by atoms with E-state index in [9.17, 15) is 4.79 Å². The molecule has 0 spiro atoms. The third-order valence-electron chi connectivity index (χ3n) is 4.97. The topological polar surface area (TPSA) is 82.7 Å². The quantitative estimate of drug-likeness (QED) is 0.462. The van der Waals surface area contributed by atoms with Gasteiger partial charge in [-0.2, -0.15) is 0 Å². The highest BCUT2D eigenvalue weighted by Gasteiger charge is 2.10. The van der Waals surface area contributed by atoms with E-state index in [0.717, 1.165) is 28.8 Å². The van der Waals surface area contributed by atoms with E-state index in [1.807, 2.05) is 56.4 Å². The van der Waals surface area contributed by atoms with Crippen LogP contribution in [0.1, 0.15) is 27.2 Å². The highest BCUT2D eigenvalue weighted by Crippen LogP contribution is 2.22. The number of rotatable bonds is 6. The van der Waals surface area contributed by atoms with Crippen LogP contribution in [-0.4, -0.2) is 27.4 Å². The average molecular weight is 385 g/mol. The van der Waals surface area contributed by atoms with E-state index >= 15 is 0 Å². The first-order valence-corrected chi connectivity index (χ1v) is 9.60. The van der Waals surface area contributed by atoms with Crippen molar-refractivity contribution in [2.75, 3.05) is 11.9 Å². The second-order valence-electron chi connectivity index (χ2n) is 7.04. The number of nitrogens with one attached hydrogen (secondary N) is 3. The van der Waals surface area contributed by atoms with Crippen molar-refractivity contribution >= 4 is 28.3 Å². The van der Waals surface area contributed by atoms with Crippen LogP contribution in [0.25, 0.3) is 10.9 Å². The molecule has 0 atom stereocenters. The summed E-state index contributed by atoms with van der Waals surface area (Å²) >= 11 is 0. The largest absolute Gasteiger partial charge is 0.361 e. The molecule has 146 valence electrons. The third-order valence-corrected chi connectivity index (χ3v) is 4.97. The van der Waals surface area contributed by atoms with Crippen LogP contribution in [0.2, 0.25) is 0 Å². The Balaban J connectivity index is 1.35. The van der Waals surface area contributed by atoms with Gasteiger partial charge in [0.1, 0.15) is 11.5 Å². The van der Waals surface area contributed by atoms with Crippen molar-refractivity contribution in [2.45, 2.75) is 20.3 Å². The summed E-state index contributed by atoms with van der Waals surface area (Å²) < 4.78 is 0. The van der Waals surface area contributed by atoms with Crippen LogP contribution in [0.4, 0.5) is 11.5 Å². The number of hydrogen-bond acceptors (Lipinski definition) is 4. The van der Waals surface area contributed by atoms with Crippen molar-refractivity contribution in [2.24, 2.45) is 0 Å². The summed E-state index contributed by atoms with van der Waals surface area (Å²) in [6, 6.07) is 14.2. The minimum atomic E-state index is -0.226. The molecule has 2 heterocycles. The summed E-state index contributed by atoms with van der Waals surface area (Å²) in [5.74, 6) is 0.383. The number of H-pyrrole nitrogens is 1. The molecule has 4 rings (SSSR count). The maximum atomic E-state index is 12.4. The molecule has 1 amide bonds. The van der Waals surface area contributed by atoms with E-state index in [0.29, 0.717) is 18.1 Å². The highest BCUT2D eigenvalue weighted by atomic mass is 16.1. The number of hydrogen-bond donors (Lipinski definition) is 3. The van der Waals surface area contributed by atoms with Gasteiger partial charge < -0.3 is 15.6 Å². The molecule has 3 N–H and O–H groups in total. The standard InChI is InChI=1S/C23H23N5O/c1-15-6-5-7-16(2)22(15)28-21-14-26-20(13-27-21)23(29)24-11-10-17-12-25-19-9-4-3-8-18(17)19/h3-9,12-14,25H,10-11H2,1-2H3,(H,24,29)(H,27,28). The monoisotopic (exact) mass is 385 g/mol. The maximum Gasteiger partial charge on any atom is 0.271 e. The predicted octanol–water partition coefficient (Wildman–Crippen LogP) is 4.29. The minimum absolute atomic E-state index is 0.226. The number of para-hydroxylation sites is 2. The summed E-state index contributed by atoms with van der Waals surface area (Å²) in [7, 11) is 0. The van der Waals surface area contributed by atoms with E-state index in [-0.39, 0.29) is 5.91 Å². The van der Waals surface area contributed by atoms with Crippen molar-refractivity contribution in [3.63, 3.8) is 0 Å². The normalized spacial score (nSPS) is 10.8. The highest BCUT2D eigenvalue weighted by molar-refractivity contribution is 5.92. The molecule has 0 radical (unpaired) electrons. The van der Waals surface area contributed by atoms with Gasteiger partial charge in [-0.25, -0.2) is 9.97 Å². The smallest absolute Gasteiger partial charge is 0.271 e. The first-order chi connectivity index (χ1) is 14.1. The fourth-order valence-corrected chi connectivity index (χ4v) is 3.39. The summed E-state index contributed by atoms with van der Waals surface area (Å²) in [5.41, 5.74) is 5.86. The first-order valence-electron chi connectivity index (χ1n) is 9.60. The number of aromatic nitrogens is 3. The van der Waals surface area contributed by atoms with Gasteiger partial charge in [0.05, 0.1) is 12.4 Å². The maximum absolute atomic E-state index is 12.4. The molecular formula is C23H23N5O. The average Bonchev–Trinajstić information content (AvgIpc) is 3.14. The fourth-order valence-electron chi connectivity index (χ4n) is 3.39. The van der Waals surface area contributed by atoms with Gasteiger partial charge in [0.25, 0.3) is 5.91 Å². The number of aromatic amines is 1. The third kappa shape index (κ3) is 4.11. The SMILES string of the molecule is Cc1cccc(C)c1Nc1cnc(C(=O)NCCc2c[nH]c3ccccc23)cn1. The molecular weight excluding hydrogens is 362 g/mol. The van der Waals surface area contributed by atoms with E-state index in [1.165, 1.54) is 17.1 Å². The molecule has 0 saturated heterocycles. The molecule has 2 aromatic heterocycles. The zero-order chi connectivity index (χ0) is 20.2. The van der Waals surface area contributed by atoms with E-state index in [1.54, 1.807) is 6.20 Å². The number of carbonyl (C=O) groups excluding carboxylic acids is 1. The van der Waals surface area contributed by atoms with E-state index in [2.05, 4.69) is 31.7 Å². The lowest BCUT2D eigenvalue weighted by Gasteiger charge is -2.11. The summed E-state index contributed by atoms with van der Waals surface area (Å²) in [4.78, 5) is 24.2. The Labute approximate surface area is 169 Å². The molecule has 2 aromatic carbocycles. The molecule has 0 saturated carbocycles. The van der Waals surface area contributed by atoms with Gasteiger partial charge >= 0.3 is 0 Å². The van der Waals surface area contributed by atoms with Gasteiger partial charge in [0, 0.05) is 29.3 Å². The van der Waals surface area contributed by atoms with Crippen molar-refractivity contribution < 1.29 is 4.79 Å². The second kappa shape index (κ2) is 8.14. The number of amides is 1. The Bertz CT molecular complexity index is 1130. The van der Waals surface area contributed by atoms with Gasteiger partial charge in [-0.1, -0.05) is 36.4 Å². The van der Waals surface area contributed by atoms with Crippen LogP contribution in [0.5, 0.6) is 0 Å². The lowest BCUT2D eigenvalue weighted by molar-refractivity contribution is 0.0949. The number of anilines is 2. The molecule has 0 bridgehead atoms. The van der Waals surface area contributed by atoms with Crippen LogP contribution >= 0.6 is 0 Å². The van der Waals surface area contributed by atoms with Gasteiger partial charge in [-0.05, 0) is 43.0 Å². The van der Waals surface area contributed by atoms with E-state index in [4.69, 9.17) is 0 Å². The predicted molar refractivity (Wildman–Crippen MR) is 116 cm³/mol. The van der Waals surface area contributed by atoms with Crippen molar-refractivity contribution in [1.29, 1.82) is 0 Å². The lowest BCUT2D eigenvalue weighted by atomic mass is 10.1. The van der Waals surface area contributed by atoms with E-state index < -0.39 is 0 Å². The second-order valence-corrected chi connectivity index (χ2v) is 7.04. The molecule has 6 heteroatoms. The van der Waals surface area contributed by atoms with Crippen LogP contribution < -0.4 is 10.6 Å². The van der Waals surface area contributed by atoms with Crippen LogP contribution in [0.15, 0.2) is 61.1 Å². The van der Waals surface area contributed by atoms with Gasteiger partial charge in [0.2, 0.25) is 0 Å². The summed E-state index contributed by atoms with van der Waals surface area (Å²) in [5, 5.41) is 7.37. The Morgan fingerprint density at radius 3 is 2.55 bits per heavy atom. The summed E-state index contributed by atoms with van der Waals surface area (Å²) in [6.45, 7) is 4.61. The van der Waals surface area contributed by atoms with Crippen LogP contribution in [0.3, 0.4) is 0 Å². The van der Waals surface area contributed by atoms with Crippen molar-refractivity contribution in [3.05, 3.63) is 83.4 Å². The molecule has 0 aliphatic heterocycles. The van der Waals surface area contributed by atoms with Gasteiger partial charge in [-0.15, -0.1) is 0 Å². The molecule has 0 unspecified atom stereocenters. The van der Waals surface area contributed by atoms with Crippen molar-refractivity contribution in [1.82, 2.24) is 20.3 Å². The lowest BCUT2D eigenvalue weighted by Crippen LogP contribution is -2.26. The number of benzene rings is 2. The number of nitrogens with zero attached hydrogens (tertiary/aromatic N) is 2. The Hall–Kier alpha value is -3.67. The molecule has 0 aliphatic carbocycles. The number of carbonyl (C=O) groups is 1. The Morgan fingerprint density at radius 1 is 1.00 bits per heavy atom. The number of fused-ring (bicyclic) bond motifs is 1.